The van der Waals surface area contributed by atoms with Crippen molar-refractivity contribution in [1.82, 2.24) is 4.72 Å². The molecule has 19 heavy (non-hydrogen) atoms. The summed E-state index contributed by atoms with van der Waals surface area (Å²) in [5.41, 5.74) is 4.55. The molecule has 1 aromatic rings. The van der Waals surface area contributed by atoms with Gasteiger partial charge in [0.1, 0.15) is 16.5 Å². The van der Waals surface area contributed by atoms with E-state index >= 15 is 0 Å². The Morgan fingerprint density at radius 3 is 2.26 bits per heavy atom. The van der Waals surface area contributed by atoms with Gasteiger partial charge in [-0.1, -0.05) is 0 Å². The smallest absolute Gasteiger partial charge is 0.244 e. The van der Waals surface area contributed by atoms with Gasteiger partial charge in [-0.05, 0) is 32.4 Å². The third-order valence-corrected chi connectivity index (χ3v) is 4.14. The maximum atomic E-state index is 13.5. The molecule has 0 aliphatic carbocycles. The van der Waals surface area contributed by atoms with E-state index in [4.69, 9.17) is 5.73 Å². The average Bonchev–Trinajstić information content (AvgIpc) is 2.21. The van der Waals surface area contributed by atoms with Crippen LogP contribution in [0.1, 0.15) is 19.4 Å². The number of halogens is 3. The molecule has 0 spiro atoms. The summed E-state index contributed by atoms with van der Waals surface area (Å²) in [6, 6.07) is 1.51. The Balaban J connectivity index is 0.00000324. The molecule has 0 bridgehead atoms. The highest BCUT2D eigenvalue weighted by Crippen LogP contribution is 2.20. The highest BCUT2D eigenvalue weighted by atomic mass is 35.5. The molecular weight excluding hydrogens is 298 g/mol. The van der Waals surface area contributed by atoms with E-state index in [0.717, 1.165) is 6.07 Å². The van der Waals surface area contributed by atoms with Crippen LogP contribution in [-0.4, -0.2) is 20.5 Å². The van der Waals surface area contributed by atoms with Crippen LogP contribution in [0.4, 0.5) is 8.78 Å². The predicted molar refractivity (Wildman–Crippen MR) is 71.8 cm³/mol. The number of nitrogens with two attached hydrogens (primary N) is 1. The Bertz CT molecular complexity index is 562. The highest BCUT2D eigenvalue weighted by Gasteiger charge is 2.27. The maximum Gasteiger partial charge on any atom is 0.244 e. The van der Waals surface area contributed by atoms with Crippen molar-refractivity contribution in [2.24, 2.45) is 5.73 Å². The third-order valence-electron chi connectivity index (χ3n) is 2.42. The molecule has 4 nitrogen and oxygen atoms in total. The number of nitrogens with one attached hydrogen (secondary N) is 1. The zero-order valence-corrected chi connectivity index (χ0v) is 12.5. The second kappa shape index (κ2) is 6.13. The fourth-order valence-electron chi connectivity index (χ4n) is 1.30. The molecule has 0 radical (unpaired) electrons. The molecule has 0 atom stereocenters. The van der Waals surface area contributed by atoms with Gasteiger partial charge in [0.15, 0.2) is 0 Å². The first kappa shape index (κ1) is 18.2. The molecule has 0 aliphatic rings. The molecule has 1 aromatic carbocycles. The molecule has 0 aliphatic heterocycles. The third kappa shape index (κ3) is 4.38. The van der Waals surface area contributed by atoms with Crippen LogP contribution in [0.3, 0.4) is 0 Å². The van der Waals surface area contributed by atoms with Gasteiger partial charge < -0.3 is 5.73 Å². The van der Waals surface area contributed by atoms with Crippen molar-refractivity contribution in [1.29, 1.82) is 0 Å². The van der Waals surface area contributed by atoms with Crippen LogP contribution in [0.25, 0.3) is 0 Å². The van der Waals surface area contributed by atoms with E-state index in [1.807, 2.05) is 0 Å². The Labute approximate surface area is 117 Å². The van der Waals surface area contributed by atoms with Crippen LogP contribution in [0.5, 0.6) is 0 Å². The number of hydrogen-bond acceptors (Lipinski definition) is 3. The van der Waals surface area contributed by atoms with Crippen molar-refractivity contribution >= 4 is 22.4 Å². The molecule has 8 heteroatoms. The fraction of sp³-hybridized carbons (Fsp3) is 0.455. The summed E-state index contributed by atoms with van der Waals surface area (Å²) >= 11 is 0. The molecule has 0 unspecified atom stereocenters. The van der Waals surface area contributed by atoms with Crippen LogP contribution >= 0.6 is 12.4 Å². The van der Waals surface area contributed by atoms with Crippen LogP contribution in [-0.2, 0) is 10.0 Å². The average molecular weight is 315 g/mol. The molecular formula is C11H17ClF2N2O2S. The molecule has 3 N–H and O–H groups in total. The minimum absolute atomic E-state index is 0. The lowest BCUT2D eigenvalue weighted by Crippen LogP contribution is -2.48. The largest absolute Gasteiger partial charge is 0.329 e. The van der Waals surface area contributed by atoms with Crippen molar-refractivity contribution in [2.75, 3.05) is 6.54 Å². The Morgan fingerprint density at radius 1 is 1.26 bits per heavy atom. The van der Waals surface area contributed by atoms with Gasteiger partial charge in [0.2, 0.25) is 10.0 Å². The lowest BCUT2D eigenvalue weighted by atomic mass is 10.1. The van der Waals surface area contributed by atoms with E-state index in [-0.39, 0.29) is 24.5 Å². The molecule has 0 saturated heterocycles. The van der Waals surface area contributed by atoms with Crippen molar-refractivity contribution in [2.45, 2.75) is 31.2 Å². The van der Waals surface area contributed by atoms with E-state index in [2.05, 4.69) is 4.72 Å². The van der Waals surface area contributed by atoms with Gasteiger partial charge in [-0.15, -0.1) is 12.4 Å². The summed E-state index contributed by atoms with van der Waals surface area (Å²) in [5, 5.41) is 0. The number of benzene rings is 1. The van der Waals surface area contributed by atoms with Gasteiger partial charge in [-0.3, -0.25) is 0 Å². The molecule has 1 rings (SSSR count). The summed E-state index contributed by atoms with van der Waals surface area (Å²) in [5.74, 6) is -1.91. The van der Waals surface area contributed by atoms with Crippen molar-refractivity contribution in [3.63, 3.8) is 0 Å². The van der Waals surface area contributed by atoms with Gasteiger partial charge in [0.05, 0.1) is 0 Å². The lowest BCUT2D eigenvalue weighted by Gasteiger charge is -2.24. The number of aryl methyl sites for hydroxylation is 1. The molecule has 0 amide bonds. The summed E-state index contributed by atoms with van der Waals surface area (Å²) in [6.07, 6.45) is 0. The van der Waals surface area contributed by atoms with Crippen molar-refractivity contribution < 1.29 is 17.2 Å². The van der Waals surface area contributed by atoms with Crippen LogP contribution in [0.15, 0.2) is 17.0 Å². The lowest BCUT2D eigenvalue weighted by molar-refractivity contribution is 0.458. The van der Waals surface area contributed by atoms with Crippen molar-refractivity contribution in [3.8, 4) is 0 Å². The Kier molecular flexibility index (Phi) is 5.88. The molecule has 0 fully saturated rings. The van der Waals surface area contributed by atoms with Gasteiger partial charge in [0.25, 0.3) is 0 Å². The van der Waals surface area contributed by atoms with E-state index < -0.39 is 32.1 Å². The van der Waals surface area contributed by atoms with Crippen LogP contribution < -0.4 is 10.5 Å². The number of hydrogen-bond donors (Lipinski definition) is 2. The van der Waals surface area contributed by atoms with E-state index in [1.165, 1.54) is 6.92 Å². The summed E-state index contributed by atoms with van der Waals surface area (Å²) in [7, 11) is -4.07. The first-order chi connectivity index (χ1) is 8.09. The molecule has 0 aromatic heterocycles. The molecule has 0 saturated carbocycles. The minimum atomic E-state index is -4.07. The second-order valence-electron chi connectivity index (χ2n) is 4.73. The quantitative estimate of drug-likeness (QED) is 0.888. The van der Waals surface area contributed by atoms with Gasteiger partial charge in [0, 0.05) is 18.2 Å². The highest BCUT2D eigenvalue weighted by molar-refractivity contribution is 7.89. The van der Waals surface area contributed by atoms with Gasteiger partial charge >= 0.3 is 0 Å². The van der Waals surface area contributed by atoms with E-state index in [1.54, 1.807) is 13.8 Å². The van der Waals surface area contributed by atoms with Crippen LogP contribution in [0, 0.1) is 18.6 Å². The topological polar surface area (TPSA) is 72.2 Å². The second-order valence-corrected chi connectivity index (χ2v) is 6.38. The van der Waals surface area contributed by atoms with E-state index in [9.17, 15) is 17.2 Å². The van der Waals surface area contributed by atoms with Crippen molar-refractivity contribution in [3.05, 3.63) is 29.3 Å². The Hall–Kier alpha value is -0.760. The first-order valence-electron chi connectivity index (χ1n) is 5.29. The zero-order valence-electron chi connectivity index (χ0n) is 10.8. The normalized spacial score (nSPS) is 12.1. The molecule has 110 valence electrons. The van der Waals surface area contributed by atoms with Gasteiger partial charge in [-0.25, -0.2) is 21.9 Å². The number of sulfonamides is 1. The monoisotopic (exact) mass is 314 g/mol. The minimum Gasteiger partial charge on any atom is -0.329 e. The van der Waals surface area contributed by atoms with Crippen LogP contribution in [0.2, 0.25) is 0 Å². The maximum absolute atomic E-state index is 13.5. The van der Waals surface area contributed by atoms with E-state index in [0.29, 0.717) is 6.07 Å². The standard InChI is InChI=1S/C11H16F2N2O2S.ClH/c1-7-4-10(9(13)5-8(7)12)18(16,17)15-11(2,3)6-14;/h4-5,15H,6,14H2,1-3H3;1H. The zero-order chi connectivity index (χ0) is 14.1. The summed E-state index contributed by atoms with van der Waals surface area (Å²) < 4.78 is 52.8. The first-order valence-corrected chi connectivity index (χ1v) is 6.77. The Morgan fingerprint density at radius 2 is 1.79 bits per heavy atom. The predicted octanol–water partition coefficient (Wildman–Crippen LogP) is 1.71. The summed E-state index contributed by atoms with van der Waals surface area (Å²) in [6.45, 7) is 4.55. The summed E-state index contributed by atoms with van der Waals surface area (Å²) in [4.78, 5) is -0.581. The fourth-order valence-corrected chi connectivity index (χ4v) is 2.87. The molecule has 0 heterocycles. The number of rotatable bonds is 4. The SMILES string of the molecule is Cc1cc(S(=O)(=O)NC(C)(C)CN)c(F)cc1F.Cl. The van der Waals surface area contributed by atoms with Gasteiger partial charge in [-0.2, -0.15) is 0 Å².